The molecule has 1 aromatic carbocycles. The Morgan fingerprint density at radius 2 is 1.89 bits per heavy atom. The minimum Gasteiger partial charge on any atom is -0.302 e. The van der Waals surface area contributed by atoms with Crippen LogP contribution in [0.25, 0.3) is 0 Å². The van der Waals surface area contributed by atoms with Gasteiger partial charge in [-0.1, -0.05) is 15.9 Å². The fraction of sp³-hybridized carbons (Fsp3) is 0.0909. The van der Waals surface area contributed by atoms with E-state index >= 15 is 0 Å². The van der Waals surface area contributed by atoms with Gasteiger partial charge in [-0.2, -0.15) is 0 Å². The molecule has 0 bridgehead atoms. The molecule has 2 rings (SSSR count). The monoisotopic (exact) mass is 326 g/mol. The van der Waals surface area contributed by atoms with E-state index in [1.54, 1.807) is 24.3 Å². The number of thiocarbonyl (C=S) groups is 1. The Morgan fingerprint density at radius 1 is 1.28 bits per heavy atom. The number of halogens is 1. The zero-order valence-corrected chi connectivity index (χ0v) is 11.3. The van der Waals surface area contributed by atoms with E-state index in [-0.39, 0.29) is 5.11 Å². The SMILES string of the molecule is O=C[C@@H]1C(=O)NC(=S)N(c2ccc(Br)cc2)C1=O. The molecule has 1 aromatic rings. The zero-order valence-electron chi connectivity index (χ0n) is 8.92. The molecule has 1 aliphatic heterocycles. The van der Waals surface area contributed by atoms with Crippen molar-refractivity contribution in [3.05, 3.63) is 28.7 Å². The van der Waals surface area contributed by atoms with E-state index in [0.717, 1.165) is 9.37 Å². The summed E-state index contributed by atoms with van der Waals surface area (Å²) >= 11 is 8.22. The van der Waals surface area contributed by atoms with Crippen molar-refractivity contribution in [3.8, 4) is 0 Å². The van der Waals surface area contributed by atoms with Crippen LogP contribution in [0.2, 0.25) is 0 Å². The maximum Gasteiger partial charge on any atom is 0.253 e. The van der Waals surface area contributed by atoms with Crippen LogP contribution in [-0.4, -0.2) is 23.2 Å². The number of carbonyl (C=O) groups excluding carboxylic acids is 3. The van der Waals surface area contributed by atoms with Crippen molar-refractivity contribution in [2.75, 3.05) is 4.90 Å². The summed E-state index contributed by atoms with van der Waals surface area (Å²) in [4.78, 5) is 35.3. The second-order valence-corrected chi connectivity index (χ2v) is 4.86. The van der Waals surface area contributed by atoms with Gasteiger partial charge in [-0.3, -0.25) is 14.5 Å². The lowest BCUT2D eigenvalue weighted by Gasteiger charge is -2.30. The summed E-state index contributed by atoms with van der Waals surface area (Å²) in [7, 11) is 0. The molecule has 0 spiro atoms. The summed E-state index contributed by atoms with van der Waals surface area (Å²) in [6.45, 7) is 0. The Morgan fingerprint density at radius 3 is 2.44 bits per heavy atom. The molecule has 0 unspecified atom stereocenters. The topological polar surface area (TPSA) is 66.5 Å². The van der Waals surface area contributed by atoms with Crippen molar-refractivity contribution in [2.24, 2.45) is 5.92 Å². The third-order valence-corrected chi connectivity index (χ3v) is 3.24. The lowest BCUT2D eigenvalue weighted by molar-refractivity contribution is -0.136. The number of aldehydes is 1. The van der Waals surface area contributed by atoms with Crippen LogP contribution in [0.15, 0.2) is 28.7 Å². The highest BCUT2D eigenvalue weighted by molar-refractivity contribution is 9.10. The molecule has 92 valence electrons. The Balaban J connectivity index is 2.39. The number of anilines is 1. The molecule has 0 aromatic heterocycles. The summed E-state index contributed by atoms with van der Waals surface area (Å²) in [6, 6.07) is 6.79. The number of amides is 2. The van der Waals surface area contributed by atoms with Gasteiger partial charge in [0.2, 0.25) is 5.91 Å². The molecule has 7 heteroatoms. The Kier molecular flexibility index (Phi) is 3.53. The van der Waals surface area contributed by atoms with Gasteiger partial charge in [-0.25, -0.2) is 0 Å². The maximum absolute atomic E-state index is 12.0. The Labute approximate surface area is 116 Å². The maximum atomic E-state index is 12.0. The minimum atomic E-state index is -1.35. The number of hydrogen-bond donors (Lipinski definition) is 1. The molecule has 1 atom stereocenters. The first-order valence-corrected chi connectivity index (χ1v) is 6.14. The van der Waals surface area contributed by atoms with Gasteiger partial charge in [0.15, 0.2) is 11.0 Å². The number of benzene rings is 1. The first kappa shape index (κ1) is 12.8. The largest absolute Gasteiger partial charge is 0.302 e. The Bertz CT molecular complexity index is 544. The van der Waals surface area contributed by atoms with Gasteiger partial charge in [-0.15, -0.1) is 0 Å². The van der Waals surface area contributed by atoms with E-state index in [1.807, 2.05) is 0 Å². The van der Waals surface area contributed by atoms with Crippen molar-refractivity contribution in [1.82, 2.24) is 5.32 Å². The standard InChI is InChI=1S/C11H7BrN2O3S/c12-6-1-3-7(4-2-6)14-10(17)8(5-15)9(16)13-11(14)18/h1-5,8H,(H,13,16,18)/t8-/m1/s1. The van der Waals surface area contributed by atoms with Gasteiger partial charge in [0.25, 0.3) is 5.91 Å². The van der Waals surface area contributed by atoms with Gasteiger partial charge < -0.3 is 10.1 Å². The summed E-state index contributed by atoms with van der Waals surface area (Å²) < 4.78 is 0.845. The quantitative estimate of drug-likeness (QED) is 0.500. The second kappa shape index (κ2) is 4.95. The van der Waals surface area contributed by atoms with Crippen LogP contribution in [0.1, 0.15) is 0 Å². The minimum absolute atomic E-state index is 0.0228. The molecule has 5 nitrogen and oxygen atoms in total. The lowest BCUT2D eigenvalue weighted by atomic mass is 10.1. The number of nitrogens with one attached hydrogen (secondary N) is 1. The fourth-order valence-corrected chi connectivity index (χ4v) is 2.11. The van der Waals surface area contributed by atoms with E-state index in [9.17, 15) is 14.4 Å². The van der Waals surface area contributed by atoms with Crippen molar-refractivity contribution in [1.29, 1.82) is 0 Å². The van der Waals surface area contributed by atoms with Crippen LogP contribution in [0.4, 0.5) is 5.69 Å². The highest BCUT2D eigenvalue weighted by atomic mass is 79.9. The molecule has 1 aliphatic rings. The van der Waals surface area contributed by atoms with E-state index in [4.69, 9.17) is 12.2 Å². The van der Waals surface area contributed by atoms with E-state index in [2.05, 4.69) is 21.2 Å². The van der Waals surface area contributed by atoms with Crippen molar-refractivity contribution < 1.29 is 14.4 Å². The summed E-state index contributed by atoms with van der Waals surface area (Å²) in [5.74, 6) is -2.67. The van der Waals surface area contributed by atoms with Crippen LogP contribution >= 0.6 is 28.1 Å². The van der Waals surface area contributed by atoms with Crippen LogP contribution < -0.4 is 10.2 Å². The molecule has 1 heterocycles. The molecule has 1 saturated heterocycles. The third-order valence-electron chi connectivity index (χ3n) is 2.42. The molecule has 2 amide bonds. The normalized spacial score (nSPS) is 19.7. The fourth-order valence-electron chi connectivity index (χ4n) is 1.55. The molecule has 0 aliphatic carbocycles. The van der Waals surface area contributed by atoms with Crippen molar-refractivity contribution in [2.45, 2.75) is 0 Å². The molecule has 18 heavy (non-hydrogen) atoms. The summed E-state index contributed by atoms with van der Waals surface area (Å²) in [6.07, 6.45) is 0.311. The van der Waals surface area contributed by atoms with Crippen LogP contribution in [0, 0.1) is 5.92 Å². The predicted molar refractivity (Wildman–Crippen MR) is 71.9 cm³/mol. The Hall–Kier alpha value is -1.60. The smallest absolute Gasteiger partial charge is 0.253 e. The zero-order chi connectivity index (χ0) is 13.3. The van der Waals surface area contributed by atoms with Crippen LogP contribution in [0.3, 0.4) is 0 Å². The highest BCUT2D eigenvalue weighted by Crippen LogP contribution is 2.22. The average molecular weight is 327 g/mol. The van der Waals surface area contributed by atoms with Crippen molar-refractivity contribution >= 4 is 57.0 Å². The van der Waals surface area contributed by atoms with Crippen LogP contribution in [-0.2, 0) is 14.4 Å². The van der Waals surface area contributed by atoms with Gasteiger partial charge in [0.05, 0.1) is 5.69 Å². The first-order chi connectivity index (χ1) is 8.54. The highest BCUT2D eigenvalue weighted by Gasteiger charge is 2.39. The molecular formula is C11H7BrN2O3S. The number of carbonyl (C=O) groups is 3. The first-order valence-electron chi connectivity index (χ1n) is 4.94. The van der Waals surface area contributed by atoms with E-state index in [1.165, 1.54) is 0 Å². The van der Waals surface area contributed by atoms with Gasteiger partial charge >= 0.3 is 0 Å². The molecule has 1 N–H and O–H groups in total. The average Bonchev–Trinajstić information content (AvgIpc) is 2.31. The molecule has 1 fully saturated rings. The number of hydrogen-bond acceptors (Lipinski definition) is 4. The molecule has 0 radical (unpaired) electrons. The molecular weight excluding hydrogens is 320 g/mol. The molecule has 0 saturated carbocycles. The number of nitrogens with zero attached hydrogens (tertiary/aromatic N) is 1. The van der Waals surface area contributed by atoms with Gasteiger partial charge in [-0.05, 0) is 36.5 Å². The second-order valence-electron chi connectivity index (χ2n) is 3.56. The van der Waals surface area contributed by atoms with Crippen LogP contribution in [0.5, 0.6) is 0 Å². The lowest BCUT2D eigenvalue weighted by Crippen LogP contribution is -2.58. The summed E-state index contributed by atoms with van der Waals surface area (Å²) in [5, 5.41) is 2.31. The van der Waals surface area contributed by atoms with Crippen molar-refractivity contribution in [3.63, 3.8) is 0 Å². The third kappa shape index (κ3) is 2.19. The van der Waals surface area contributed by atoms with Gasteiger partial charge in [0.1, 0.15) is 6.29 Å². The number of rotatable bonds is 2. The van der Waals surface area contributed by atoms with E-state index < -0.39 is 17.7 Å². The van der Waals surface area contributed by atoms with Gasteiger partial charge in [0, 0.05) is 4.47 Å². The predicted octanol–water partition coefficient (Wildman–Crippen LogP) is 1.01. The van der Waals surface area contributed by atoms with E-state index in [0.29, 0.717) is 12.0 Å². The summed E-state index contributed by atoms with van der Waals surface area (Å²) in [5.41, 5.74) is 0.500.